The van der Waals surface area contributed by atoms with Crippen molar-refractivity contribution < 1.29 is 38.1 Å². The van der Waals surface area contributed by atoms with E-state index in [0.717, 1.165) is 121 Å². The predicted molar refractivity (Wildman–Crippen MR) is 255 cm³/mol. The quantitative estimate of drug-likeness (QED) is 0.0845. The SMILES string of the molecule is CC(=O)Oc1cc(C)c(-c2cc(-c3c(C)cc(OC(C)=O)cc3C)c3ccc4c(-c5c(C)cc(OC(C)=O)cc5C)cc(-c5c(C)cc(OC(C)=O)cc5C)c5ccc2c3c54)c(C)c1. The van der Waals surface area contributed by atoms with Crippen molar-refractivity contribution in [2.75, 3.05) is 0 Å². The number of aryl methyl sites for hydroxylation is 8. The number of carbonyl (C=O) groups is 4. The summed E-state index contributed by atoms with van der Waals surface area (Å²) in [6.07, 6.45) is 0. The third-order valence-corrected chi connectivity index (χ3v) is 12.0. The van der Waals surface area contributed by atoms with Crippen molar-refractivity contribution in [1.82, 2.24) is 0 Å². The molecule has 0 N–H and O–H groups in total. The summed E-state index contributed by atoms with van der Waals surface area (Å²) in [6, 6.07) is 28.7. The van der Waals surface area contributed by atoms with Gasteiger partial charge in [-0.3, -0.25) is 19.2 Å². The maximum atomic E-state index is 12.1. The molecule has 0 aliphatic rings. The average molecular weight is 851 g/mol. The second-order valence-electron chi connectivity index (χ2n) is 17.1. The van der Waals surface area contributed by atoms with E-state index in [1.54, 1.807) is 0 Å². The maximum Gasteiger partial charge on any atom is 0.308 e. The first-order chi connectivity index (χ1) is 30.3. The number of benzene rings is 8. The third kappa shape index (κ3) is 7.74. The molecule has 0 amide bonds. The van der Waals surface area contributed by atoms with E-state index in [2.05, 4.69) is 36.4 Å². The highest BCUT2D eigenvalue weighted by atomic mass is 16.5. The van der Waals surface area contributed by atoms with Gasteiger partial charge in [-0.15, -0.1) is 0 Å². The van der Waals surface area contributed by atoms with Crippen molar-refractivity contribution in [3.8, 4) is 67.5 Å². The Morgan fingerprint density at radius 3 is 0.625 bits per heavy atom. The maximum absolute atomic E-state index is 12.1. The highest BCUT2D eigenvalue weighted by Gasteiger charge is 2.26. The van der Waals surface area contributed by atoms with Gasteiger partial charge in [-0.1, -0.05) is 24.3 Å². The Kier molecular flexibility index (Phi) is 11.1. The van der Waals surface area contributed by atoms with Gasteiger partial charge < -0.3 is 18.9 Å². The highest BCUT2D eigenvalue weighted by Crippen LogP contribution is 2.52. The lowest BCUT2D eigenvalue weighted by molar-refractivity contribution is -0.132. The van der Waals surface area contributed by atoms with Gasteiger partial charge in [-0.25, -0.2) is 0 Å². The van der Waals surface area contributed by atoms with Crippen molar-refractivity contribution >= 4 is 56.2 Å². The van der Waals surface area contributed by atoms with E-state index in [4.69, 9.17) is 18.9 Å². The number of rotatable bonds is 8. The van der Waals surface area contributed by atoms with Gasteiger partial charge in [-0.2, -0.15) is 0 Å². The lowest BCUT2D eigenvalue weighted by atomic mass is 9.79. The van der Waals surface area contributed by atoms with Crippen LogP contribution in [-0.4, -0.2) is 23.9 Å². The monoisotopic (exact) mass is 850 g/mol. The van der Waals surface area contributed by atoms with Crippen molar-refractivity contribution in [3.63, 3.8) is 0 Å². The van der Waals surface area contributed by atoms with Gasteiger partial charge in [-0.05, 0) is 237 Å². The zero-order valence-corrected chi connectivity index (χ0v) is 38.3. The highest BCUT2D eigenvalue weighted by molar-refractivity contribution is 6.32. The molecular weight excluding hydrogens is 801 g/mol. The molecule has 0 bridgehead atoms. The molecule has 0 aliphatic heterocycles. The molecule has 0 spiro atoms. The molecule has 8 aromatic carbocycles. The lowest BCUT2D eigenvalue weighted by Crippen LogP contribution is -2.04. The number of ether oxygens (including phenoxy) is 4. The molecule has 0 aromatic heterocycles. The number of carbonyl (C=O) groups excluding carboxylic acids is 4. The van der Waals surface area contributed by atoms with Crippen molar-refractivity contribution in [1.29, 1.82) is 0 Å². The van der Waals surface area contributed by atoms with Crippen molar-refractivity contribution in [2.45, 2.75) is 83.1 Å². The minimum absolute atomic E-state index is 0.385. The zero-order chi connectivity index (χ0) is 46.0. The second kappa shape index (κ2) is 16.4. The van der Waals surface area contributed by atoms with Gasteiger partial charge in [0.25, 0.3) is 0 Å². The van der Waals surface area contributed by atoms with Crippen LogP contribution in [0.1, 0.15) is 72.2 Å². The first-order valence-electron chi connectivity index (χ1n) is 21.3. The summed E-state index contributed by atoms with van der Waals surface area (Å²) in [5, 5.41) is 6.36. The fourth-order valence-electron chi connectivity index (χ4n) is 10.1. The molecule has 8 rings (SSSR count). The van der Waals surface area contributed by atoms with Crippen LogP contribution in [0.5, 0.6) is 23.0 Å². The summed E-state index contributed by atoms with van der Waals surface area (Å²) in [4.78, 5) is 48.3. The van der Waals surface area contributed by atoms with Gasteiger partial charge in [0, 0.05) is 27.7 Å². The molecular formula is C56H50O8. The molecule has 0 saturated heterocycles. The first kappa shape index (κ1) is 43.3. The van der Waals surface area contributed by atoms with Crippen LogP contribution in [0.2, 0.25) is 0 Å². The largest absolute Gasteiger partial charge is 0.427 e. The first-order valence-corrected chi connectivity index (χ1v) is 21.3. The molecule has 0 radical (unpaired) electrons. The van der Waals surface area contributed by atoms with E-state index in [0.29, 0.717) is 23.0 Å². The third-order valence-electron chi connectivity index (χ3n) is 12.0. The molecule has 0 atom stereocenters. The molecule has 0 heterocycles. The predicted octanol–water partition coefficient (Wildman–Crippen LogP) is 13.4. The van der Waals surface area contributed by atoms with E-state index in [1.165, 1.54) is 27.7 Å². The zero-order valence-electron chi connectivity index (χ0n) is 38.3. The van der Waals surface area contributed by atoms with Crippen LogP contribution in [0.3, 0.4) is 0 Å². The van der Waals surface area contributed by atoms with E-state index >= 15 is 0 Å². The molecule has 8 heteroatoms. The Morgan fingerprint density at radius 1 is 0.297 bits per heavy atom. The van der Waals surface area contributed by atoms with Crippen LogP contribution in [0.25, 0.3) is 76.8 Å². The summed E-state index contributed by atoms with van der Waals surface area (Å²) in [5.41, 5.74) is 15.8. The standard InChI is InChI=1S/C56H50O8/c1-27-17-39(61-35(9)57)18-28(2)51(27)47-25-48(52-29(3)19-40(20-30(52)4)62-36(10)58)44-15-16-46-50(54-33(7)23-42(24-34(54)8)64-38(12)60)26-49(45-14-13-43(47)55(44)56(45)46)53-31(5)21-41(22-32(53)6)63-37(11)59/h13-26H,1-12H3. The topological polar surface area (TPSA) is 105 Å². The fourth-order valence-corrected chi connectivity index (χ4v) is 10.1. The number of esters is 4. The number of hydrogen-bond acceptors (Lipinski definition) is 8. The Bertz CT molecular complexity index is 2790. The Hall–Kier alpha value is -7.32. The van der Waals surface area contributed by atoms with E-state index < -0.39 is 0 Å². The van der Waals surface area contributed by atoms with Gasteiger partial charge in [0.2, 0.25) is 0 Å². The molecule has 64 heavy (non-hydrogen) atoms. The van der Waals surface area contributed by atoms with Crippen LogP contribution in [0.15, 0.2) is 84.9 Å². The van der Waals surface area contributed by atoms with E-state index in [1.807, 2.05) is 104 Å². The summed E-state index contributed by atoms with van der Waals surface area (Å²) < 4.78 is 22.3. The van der Waals surface area contributed by atoms with E-state index in [9.17, 15) is 19.2 Å². The van der Waals surface area contributed by atoms with Gasteiger partial charge in [0.15, 0.2) is 0 Å². The Morgan fingerprint density at radius 2 is 0.469 bits per heavy atom. The number of hydrogen-bond donors (Lipinski definition) is 0. The van der Waals surface area contributed by atoms with Crippen LogP contribution >= 0.6 is 0 Å². The second-order valence-corrected chi connectivity index (χ2v) is 17.1. The van der Waals surface area contributed by atoms with Crippen molar-refractivity contribution in [2.24, 2.45) is 0 Å². The molecule has 8 aromatic rings. The molecule has 322 valence electrons. The molecule has 0 unspecified atom stereocenters. The molecule has 0 fully saturated rings. The van der Waals surface area contributed by atoms with Crippen LogP contribution in [-0.2, 0) is 19.2 Å². The molecule has 0 aliphatic carbocycles. The summed E-state index contributed by atoms with van der Waals surface area (Å²) >= 11 is 0. The molecule has 0 saturated carbocycles. The summed E-state index contributed by atoms with van der Waals surface area (Å²) in [5.74, 6) is 0.413. The van der Waals surface area contributed by atoms with Crippen molar-refractivity contribution in [3.05, 3.63) is 129 Å². The van der Waals surface area contributed by atoms with Crippen LogP contribution in [0.4, 0.5) is 0 Å². The Labute approximate surface area is 373 Å². The molecule has 8 nitrogen and oxygen atoms in total. The fraction of sp³-hybridized carbons (Fsp3) is 0.214. The minimum Gasteiger partial charge on any atom is -0.427 e. The average Bonchev–Trinajstić information content (AvgIpc) is 3.16. The minimum atomic E-state index is -0.385. The summed E-state index contributed by atoms with van der Waals surface area (Å²) in [6.45, 7) is 22.0. The van der Waals surface area contributed by atoms with Gasteiger partial charge >= 0.3 is 23.9 Å². The van der Waals surface area contributed by atoms with Gasteiger partial charge in [0.05, 0.1) is 0 Å². The van der Waals surface area contributed by atoms with Crippen LogP contribution in [0, 0.1) is 55.4 Å². The lowest BCUT2D eigenvalue weighted by Gasteiger charge is -2.25. The smallest absolute Gasteiger partial charge is 0.308 e. The normalized spacial score (nSPS) is 11.4. The van der Waals surface area contributed by atoms with Crippen LogP contribution < -0.4 is 18.9 Å². The summed E-state index contributed by atoms with van der Waals surface area (Å²) in [7, 11) is 0. The Balaban J connectivity index is 1.57. The van der Waals surface area contributed by atoms with E-state index in [-0.39, 0.29) is 23.9 Å². The van der Waals surface area contributed by atoms with Gasteiger partial charge in [0.1, 0.15) is 23.0 Å².